The first kappa shape index (κ1) is 23.6. The maximum absolute atomic E-state index is 8.00. The van der Waals surface area contributed by atoms with Crippen LogP contribution in [-0.2, 0) is 35.4 Å². The molecule has 0 fully saturated rings. The predicted molar refractivity (Wildman–Crippen MR) is 57.3 cm³/mol. The molecule has 0 bridgehead atoms. The van der Waals surface area contributed by atoms with Crippen LogP contribution in [0.15, 0.2) is 24.3 Å². The second-order valence-electron chi connectivity index (χ2n) is 2.16. The summed E-state index contributed by atoms with van der Waals surface area (Å²) in [5.41, 5.74) is 2.68. The Morgan fingerprint density at radius 1 is 0.800 bits per heavy atom. The predicted octanol–water partition coefficient (Wildman–Crippen LogP) is 1.75. The van der Waals surface area contributed by atoms with Crippen molar-refractivity contribution in [3.8, 4) is 0 Å². The van der Waals surface area contributed by atoms with Gasteiger partial charge in [0.15, 0.2) is 0 Å². The maximum atomic E-state index is 8.00. The summed E-state index contributed by atoms with van der Waals surface area (Å²) in [4.78, 5) is 24.0. The number of rotatable bonds is 0. The Hall–Kier alpha value is -1.08. The number of benzene rings is 1. The van der Waals surface area contributed by atoms with Gasteiger partial charge in [-0.05, 0) is 13.8 Å². The molecule has 0 unspecified atom stereocenters. The van der Waals surface area contributed by atoms with E-state index in [1.165, 1.54) is 11.1 Å². The molecule has 0 spiro atoms. The molecular formula is C11H16MoO3. The van der Waals surface area contributed by atoms with Crippen molar-refractivity contribution in [3.05, 3.63) is 35.4 Å². The van der Waals surface area contributed by atoms with Crippen LogP contribution in [-0.4, -0.2) is 20.4 Å². The molecule has 1 rings (SSSR count). The standard InChI is InChI=1S/C8H10.3CH2O.Mo/c1-7-4-3-5-8(2)6-7;3*1-2;/h3-6H,1-2H3;3*1H2;. The number of carbonyl (C=O) groups excluding carboxylic acids is 3. The van der Waals surface area contributed by atoms with Crippen molar-refractivity contribution in [2.24, 2.45) is 0 Å². The molecule has 84 valence electrons. The first-order chi connectivity index (χ1) is 6.79. The number of aryl methyl sites for hydroxylation is 2. The van der Waals surface area contributed by atoms with Crippen LogP contribution in [0.5, 0.6) is 0 Å². The average Bonchev–Trinajstić information content (AvgIpc) is 2.26. The molecule has 15 heavy (non-hydrogen) atoms. The molecular weight excluding hydrogens is 276 g/mol. The van der Waals surface area contributed by atoms with Crippen LogP contribution in [0.3, 0.4) is 0 Å². The van der Waals surface area contributed by atoms with Gasteiger partial charge in [0.1, 0.15) is 20.4 Å². The molecule has 0 aliphatic heterocycles. The third kappa shape index (κ3) is 19.4. The molecule has 1 aromatic carbocycles. The minimum Gasteiger partial charge on any atom is -0.307 e. The molecule has 0 aliphatic carbocycles. The fourth-order valence-corrected chi connectivity index (χ4v) is 0.807. The van der Waals surface area contributed by atoms with Crippen molar-refractivity contribution >= 4 is 20.4 Å². The minimum absolute atomic E-state index is 0. The van der Waals surface area contributed by atoms with Crippen molar-refractivity contribution in [1.82, 2.24) is 0 Å². The van der Waals surface area contributed by atoms with Crippen molar-refractivity contribution in [3.63, 3.8) is 0 Å². The third-order valence-corrected chi connectivity index (χ3v) is 1.17. The molecule has 0 N–H and O–H groups in total. The Morgan fingerprint density at radius 2 is 1.07 bits per heavy atom. The summed E-state index contributed by atoms with van der Waals surface area (Å²) in [6.45, 7) is 10.2. The van der Waals surface area contributed by atoms with Crippen LogP contribution in [0.2, 0.25) is 0 Å². The Bertz CT molecular complexity index is 207. The summed E-state index contributed by atoms with van der Waals surface area (Å²) in [7, 11) is 0. The van der Waals surface area contributed by atoms with E-state index < -0.39 is 0 Å². The molecule has 0 saturated carbocycles. The summed E-state index contributed by atoms with van der Waals surface area (Å²) in [5.74, 6) is 0. The molecule has 0 aromatic heterocycles. The van der Waals surface area contributed by atoms with Crippen LogP contribution < -0.4 is 0 Å². The van der Waals surface area contributed by atoms with Gasteiger partial charge in [-0.15, -0.1) is 0 Å². The molecule has 3 nitrogen and oxygen atoms in total. The van der Waals surface area contributed by atoms with Gasteiger partial charge in [0.25, 0.3) is 0 Å². The average molecular weight is 292 g/mol. The van der Waals surface area contributed by atoms with Gasteiger partial charge in [0.05, 0.1) is 0 Å². The zero-order chi connectivity index (χ0) is 12.0. The summed E-state index contributed by atoms with van der Waals surface area (Å²) in [5, 5.41) is 0. The van der Waals surface area contributed by atoms with Crippen LogP contribution in [0, 0.1) is 13.8 Å². The van der Waals surface area contributed by atoms with Crippen LogP contribution in [0.4, 0.5) is 0 Å². The molecule has 1 aromatic rings. The fraction of sp³-hybridized carbons (Fsp3) is 0.182. The third-order valence-electron chi connectivity index (χ3n) is 1.17. The van der Waals surface area contributed by atoms with Gasteiger partial charge in [0.2, 0.25) is 0 Å². The van der Waals surface area contributed by atoms with Gasteiger partial charge < -0.3 is 14.4 Å². The van der Waals surface area contributed by atoms with E-state index in [0.29, 0.717) is 0 Å². The van der Waals surface area contributed by atoms with Gasteiger partial charge in [-0.1, -0.05) is 35.4 Å². The Balaban J connectivity index is -0.0000000755. The molecule has 4 heteroatoms. The Labute approximate surface area is 105 Å². The van der Waals surface area contributed by atoms with E-state index >= 15 is 0 Å². The van der Waals surface area contributed by atoms with E-state index in [1.54, 1.807) is 0 Å². The van der Waals surface area contributed by atoms with Crippen LogP contribution in [0.1, 0.15) is 11.1 Å². The van der Waals surface area contributed by atoms with E-state index in [2.05, 4.69) is 38.1 Å². The Morgan fingerprint density at radius 3 is 1.20 bits per heavy atom. The van der Waals surface area contributed by atoms with Crippen LogP contribution in [0.25, 0.3) is 0 Å². The molecule has 0 heterocycles. The van der Waals surface area contributed by atoms with E-state index in [9.17, 15) is 0 Å². The van der Waals surface area contributed by atoms with E-state index in [4.69, 9.17) is 14.4 Å². The van der Waals surface area contributed by atoms with Crippen LogP contribution >= 0.6 is 0 Å². The van der Waals surface area contributed by atoms with E-state index in [0.717, 1.165) is 0 Å². The number of hydrogen-bond donors (Lipinski definition) is 0. The minimum atomic E-state index is 0. The zero-order valence-corrected chi connectivity index (χ0v) is 11.1. The van der Waals surface area contributed by atoms with Crippen molar-refractivity contribution in [2.75, 3.05) is 0 Å². The quantitative estimate of drug-likeness (QED) is 0.684. The largest absolute Gasteiger partial charge is 0.307 e. The summed E-state index contributed by atoms with van der Waals surface area (Å²) < 4.78 is 0. The van der Waals surface area contributed by atoms with Gasteiger partial charge in [-0.2, -0.15) is 0 Å². The molecule has 0 aliphatic rings. The first-order valence-electron chi connectivity index (χ1n) is 3.69. The van der Waals surface area contributed by atoms with Crippen molar-refractivity contribution in [2.45, 2.75) is 13.8 Å². The summed E-state index contributed by atoms with van der Waals surface area (Å²) in [6.07, 6.45) is 0. The first-order valence-corrected chi connectivity index (χ1v) is 3.69. The molecule has 0 radical (unpaired) electrons. The van der Waals surface area contributed by atoms with Gasteiger partial charge in [0, 0.05) is 21.1 Å². The monoisotopic (exact) mass is 294 g/mol. The van der Waals surface area contributed by atoms with Gasteiger partial charge in [-0.25, -0.2) is 0 Å². The molecule has 0 atom stereocenters. The summed E-state index contributed by atoms with van der Waals surface area (Å²) >= 11 is 0. The summed E-state index contributed by atoms with van der Waals surface area (Å²) in [6, 6.07) is 8.45. The van der Waals surface area contributed by atoms with Crippen molar-refractivity contribution < 1.29 is 35.4 Å². The zero-order valence-electron chi connectivity index (χ0n) is 9.06. The van der Waals surface area contributed by atoms with Gasteiger partial charge >= 0.3 is 0 Å². The fourth-order valence-electron chi connectivity index (χ4n) is 0.807. The smallest absolute Gasteiger partial charge is 0.106 e. The molecule has 0 saturated heterocycles. The normalized spacial score (nSPS) is 5.73. The van der Waals surface area contributed by atoms with E-state index in [-0.39, 0.29) is 21.1 Å². The number of carbonyl (C=O) groups is 3. The maximum Gasteiger partial charge on any atom is 0.106 e. The van der Waals surface area contributed by atoms with E-state index in [1.807, 2.05) is 20.4 Å². The van der Waals surface area contributed by atoms with Gasteiger partial charge in [-0.3, -0.25) is 0 Å². The second kappa shape index (κ2) is 23.1. The second-order valence-corrected chi connectivity index (χ2v) is 2.16. The van der Waals surface area contributed by atoms with Crippen molar-refractivity contribution in [1.29, 1.82) is 0 Å². The Kier molecular flexibility index (Phi) is 36.3. The SMILES string of the molecule is C=O.C=O.C=O.Cc1cccc(C)c1.[Mo]. The number of hydrogen-bond acceptors (Lipinski definition) is 3. The molecule has 0 amide bonds. The topological polar surface area (TPSA) is 51.2 Å².